The van der Waals surface area contributed by atoms with Crippen molar-refractivity contribution in [2.75, 3.05) is 6.61 Å². The molecular weight excluding hydrogens is 371 g/mol. The third kappa shape index (κ3) is 5.94. The predicted octanol–water partition coefficient (Wildman–Crippen LogP) is 5.88. The Kier molecular flexibility index (Phi) is 7.76. The van der Waals surface area contributed by atoms with Crippen LogP contribution in [0.25, 0.3) is 6.08 Å². The fraction of sp³-hybridized carbons (Fsp3) is 0.190. The molecular formula is C21H20Cl2O3. The summed E-state index contributed by atoms with van der Waals surface area (Å²) in [6, 6.07) is 11.1. The van der Waals surface area contributed by atoms with Gasteiger partial charge in [0.15, 0.2) is 0 Å². The van der Waals surface area contributed by atoms with E-state index in [1.807, 2.05) is 24.3 Å². The van der Waals surface area contributed by atoms with Crippen molar-refractivity contribution in [2.45, 2.75) is 20.0 Å². The van der Waals surface area contributed by atoms with E-state index in [2.05, 4.69) is 6.58 Å². The Balaban J connectivity index is 2.13. The second-order valence-electron chi connectivity index (χ2n) is 5.48. The second-order valence-corrected chi connectivity index (χ2v) is 6.30. The number of halogens is 2. The maximum atomic E-state index is 11.4. The maximum absolute atomic E-state index is 11.4. The van der Waals surface area contributed by atoms with Crippen LogP contribution in [-0.2, 0) is 22.6 Å². The van der Waals surface area contributed by atoms with Crippen molar-refractivity contribution in [3.05, 3.63) is 81.9 Å². The quantitative estimate of drug-likeness (QED) is 0.320. The zero-order valence-electron chi connectivity index (χ0n) is 14.5. The van der Waals surface area contributed by atoms with Gasteiger partial charge in [-0.05, 0) is 60.4 Å². The van der Waals surface area contributed by atoms with Gasteiger partial charge in [0.25, 0.3) is 0 Å². The monoisotopic (exact) mass is 390 g/mol. The number of rotatable bonds is 8. The van der Waals surface area contributed by atoms with Crippen LogP contribution >= 0.6 is 23.2 Å². The number of ether oxygens (including phenoxy) is 2. The molecule has 0 N–H and O–H groups in total. The molecule has 5 heteroatoms. The lowest BCUT2D eigenvalue weighted by atomic mass is 10.1. The van der Waals surface area contributed by atoms with Crippen molar-refractivity contribution in [2.24, 2.45) is 0 Å². The minimum atomic E-state index is -0.363. The van der Waals surface area contributed by atoms with Gasteiger partial charge in [-0.15, -0.1) is 6.58 Å². The number of benzene rings is 2. The Morgan fingerprint density at radius 2 is 1.96 bits per heavy atom. The Labute approximate surface area is 163 Å². The predicted molar refractivity (Wildman–Crippen MR) is 107 cm³/mol. The minimum absolute atomic E-state index is 0.354. The van der Waals surface area contributed by atoms with Crippen LogP contribution in [0.1, 0.15) is 23.6 Å². The number of esters is 1. The molecule has 0 radical (unpaired) electrons. The highest BCUT2D eigenvalue weighted by molar-refractivity contribution is 6.42. The Hall–Kier alpha value is -2.23. The van der Waals surface area contributed by atoms with E-state index in [0.717, 1.165) is 22.4 Å². The van der Waals surface area contributed by atoms with Crippen molar-refractivity contribution in [3.63, 3.8) is 0 Å². The summed E-state index contributed by atoms with van der Waals surface area (Å²) in [6.07, 6.45) is 5.58. The molecule has 0 heterocycles. The topological polar surface area (TPSA) is 35.5 Å². The summed E-state index contributed by atoms with van der Waals surface area (Å²) in [4.78, 5) is 11.4. The van der Waals surface area contributed by atoms with Gasteiger partial charge in [0, 0.05) is 6.08 Å². The highest BCUT2D eigenvalue weighted by Crippen LogP contribution is 2.26. The van der Waals surface area contributed by atoms with E-state index in [1.165, 1.54) is 6.08 Å². The molecule has 136 valence electrons. The summed E-state index contributed by atoms with van der Waals surface area (Å²) in [7, 11) is 0. The average Bonchev–Trinajstić information content (AvgIpc) is 2.62. The van der Waals surface area contributed by atoms with Crippen molar-refractivity contribution < 1.29 is 14.3 Å². The van der Waals surface area contributed by atoms with Gasteiger partial charge in [-0.1, -0.05) is 41.4 Å². The highest BCUT2D eigenvalue weighted by atomic mass is 35.5. The molecule has 0 atom stereocenters. The highest BCUT2D eigenvalue weighted by Gasteiger charge is 2.06. The lowest BCUT2D eigenvalue weighted by Gasteiger charge is -2.12. The molecule has 0 unspecified atom stereocenters. The molecule has 2 aromatic carbocycles. The van der Waals surface area contributed by atoms with E-state index in [-0.39, 0.29) is 5.97 Å². The molecule has 0 fully saturated rings. The van der Waals surface area contributed by atoms with Crippen LogP contribution in [0.4, 0.5) is 0 Å². The molecule has 0 aliphatic rings. The standard InChI is InChI=1S/C21H20Cl2O3/c1-3-5-17-12-15(8-11-21(24)25-4-2)7-10-20(17)26-14-16-6-9-18(22)19(23)13-16/h3,6-13H,1,4-5,14H2,2H3. The normalized spacial score (nSPS) is 10.7. The van der Waals surface area contributed by atoms with E-state index in [1.54, 1.807) is 31.2 Å². The Bertz CT molecular complexity index is 813. The summed E-state index contributed by atoms with van der Waals surface area (Å²) >= 11 is 12.0. The number of hydrogen-bond donors (Lipinski definition) is 0. The molecule has 0 amide bonds. The number of allylic oxidation sites excluding steroid dienone is 1. The summed E-state index contributed by atoms with van der Waals surface area (Å²) in [5.41, 5.74) is 2.79. The van der Waals surface area contributed by atoms with Crippen LogP contribution < -0.4 is 4.74 Å². The summed E-state index contributed by atoms with van der Waals surface area (Å²) in [5, 5.41) is 1.01. The molecule has 0 aromatic heterocycles. The first-order chi connectivity index (χ1) is 12.5. The zero-order valence-corrected chi connectivity index (χ0v) is 16.0. The molecule has 3 nitrogen and oxygen atoms in total. The lowest BCUT2D eigenvalue weighted by molar-refractivity contribution is -0.137. The van der Waals surface area contributed by atoms with E-state index in [0.29, 0.717) is 29.7 Å². The van der Waals surface area contributed by atoms with Crippen molar-refractivity contribution in [1.82, 2.24) is 0 Å². The number of carbonyl (C=O) groups is 1. The van der Waals surface area contributed by atoms with Crippen molar-refractivity contribution in [1.29, 1.82) is 0 Å². The average molecular weight is 391 g/mol. The lowest BCUT2D eigenvalue weighted by Crippen LogP contribution is -2.00. The largest absolute Gasteiger partial charge is 0.489 e. The molecule has 2 aromatic rings. The molecule has 0 bridgehead atoms. The SMILES string of the molecule is C=CCc1cc(C=CC(=O)OCC)ccc1OCc1ccc(Cl)c(Cl)c1. The summed E-state index contributed by atoms with van der Waals surface area (Å²) in [5.74, 6) is 0.391. The van der Waals surface area contributed by atoms with Crippen LogP contribution in [0, 0.1) is 0 Å². The van der Waals surface area contributed by atoms with Gasteiger partial charge in [-0.25, -0.2) is 4.79 Å². The van der Waals surface area contributed by atoms with E-state index < -0.39 is 0 Å². The molecule has 0 saturated carbocycles. The Morgan fingerprint density at radius 3 is 2.65 bits per heavy atom. The smallest absolute Gasteiger partial charge is 0.330 e. The first kappa shape index (κ1) is 20.1. The van der Waals surface area contributed by atoms with Crippen LogP contribution in [0.2, 0.25) is 10.0 Å². The first-order valence-corrected chi connectivity index (χ1v) is 8.94. The summed E-state index contributed by atoms with van der Waals surface area (Å²) in [6.45, 7) is 6.28. The first-order valence-electron chi connectivity index (χ1n) is 8.19. The fourth-order valence-corrected chi connectivity index (χ4v) is 2.62. The molecule has 0 aliphatic carbocycles. The van der Waals surface area contributed by atoms with Crippen molar-refractivity contribution in [3.8, 4) is 5.75 Å². The number of carbonyl (C=O) groups excluding carboxylic acids is 1. The molecule has 0 spiro atoms. The fourth-order valence-electron chi connectivity index (χ4n) is 2.30. The van der Waals surface area contributed by atoms with E-state index in [4.69, 9.17) is 32.7 Å². The molecule has 26 heavy (non-hydrogen) atoms. The van der Waals surface area contributed by atoms with Gasteiger partial charge < -0.3 is 9.47 Å². The maximum Gasteiger partial charge on any atom is 0.330 e. The van der Waals surface area contributed by atoms with E-state index in [9.17, 15) is 4.79 Å². The third-order valence-corrected chi connectivity index (χ3v) is 4.26. The van der Waals surface area contributed by atoms with Gasteiger partial charge in [-0.2, -0.15) is 0 Å². The van der Waals surface area contributed by atoms with E-state index >= 15 is 0 Å². The molecule has 0 aliphatic heterocycles. The second kappa shape index (κ2) is 10.0. The van der Waals surface area contributed by atoms with Crippen LogP contribution in [0.5, 0.6) is 5.75 Å². The Morgan fingerprint density at radius 1 is 1.15 bits per heavy atom. The minimum Gasteiger partial charge on any atom is -0.489 e. The van der Waals surface area contributed by atoms with Gasteiger partial charge >= 0.3 is 5.97 Å². The zero-order chi connectivity index (χ0) is 18.9. The van der Waals surface area contributed by atoms with Gasteiger partial charge in [-0.3, -0.25) is 0 Å². The van der Waals surface area contributed by atoms with Crippen LogP contribution in [0.15, 0.2) is 55.1 Å². The number of hydrogen-bond acceptors (Lipinski definition) is 3. The van der Waals surface area contributed by atoms with Crippen molar-refractivity contribution >= 4 is 35.2 Å². The van der Waals surface area contributed by atoms with Crippen LogP contribution in [0.3, 0.4) is 0 Å². The van der Waals surface area contributed by atoms with Gasteiger partial charge in [0.2, 0.25) is 0 Å². The molecule has 0 saturated heterocycles. The van der Waals surface area contributed by atoms with Gasteiger partial charge in [0.05, 0.1) is 16.7 Å². The summed E-state index contributed by atoms with van der Waals surface area (Å²) < 4.78 is 10.8. The van der Waals surface area contributed by atoms with Gasteiger partial charge in [0.1, 0.15) is 12.4 Å². The van der Waals surface area contributed by atoms with Crippen LogP contribution in [-0.4, -0.2) is 12.6 Å². The molecule has 2 rings (SSSR count). The third-order valence-electron chi connectivity index (χ3n) is 3.53.